The first-order valence-electron chi connectivity index (χ1n) is 6.61. The topological polar surface area (TPSA) is 38.7 Å². The van der Waals surface area contributed by atoms with Gasteiger partial charge in [-0.25, -0.2) is 0 Å². The fourth-order valence-corrected chi connectivity index (χ4v) is 2.81. The summed E-state index contributed by atoms with van der Waals surface area (Å²) in [6.07, 6.45) is 4.48. The van der Waals surface area contributed by atoms with E-state index in [2.05, 4.69) is 6.07 Å². The maximum atomic E-state index is 9.18. The highest BCUT2D eigenvalue weighted by molar-refractivity contribution is 5.42. The van der Waals surface area contributed by atoms with Crippen molar-refractivity contribution < 1.29 is 14.6 Å². The fraction of sp³-hybridized carbons (Fsp3) is 0.600. The van der Waals surface area contributed by atoms with Gasteiger partial charge in [0.15, 0.2) is 0 Å². The van der Waals surface area contributed by atoms with Gasteiger partial charge in [0.25, 0.3) is 0 Å². The molecule has 1 aliphatic rings. The van der Waals surface area contributed by atoms with Gasteiger partial charge in [-0.05, 0) is 49.1 Å². The number of aliphatic hydroxyl groups excluding tert-OH is 1. The Balaban J connectivity index is 2.13. The molecule has 0 spiro atoms. The zero-order valence-electron chi connectivity index (χ0n) is 11.2. The summed E-state index contributed by atoms with van der Waals surface area (Å²) in [5, 5.41) is 9.18. The second kappa shape index (κ2) is 6.10. The Morgan fingerprint density at radius 2 is 1.83 bits per heavy atom. The number of rotatable bonds is 4. The number of aliphatic hydroxyl groups is 1. The third-order valence-electron chi connectivity index (χ3n) is 3.99. The minimum atomic E-state index is 0.326. The zero-order valence-corrected chi connectivity index (χ0v) is 11.2. The maximum absolute atomic E-state index is 9.18. The van der Waals surface area contributed by atoms with Gasteiger partial charge in [0.2, 0.25) is 0 Å². The van der Waals surface area contributed by atoms with E-state index in [1.165, 1.54) is 5.56 Å². The lowest BCUT2D eigenvalue weighted by Gasteiger charge is -2.28. The average Bonchev–Trinajstić information content (AvgIpc) is 2.46. The van der Waals surface area contributed by atoms with E-state index in [9.17, 15) is 5.11 Å². The lowest BCUT2D eigenvalue weighted by Crippen LogP contribution is -2.16. The highest BCUT2D eigenvalue weighted by Gasteiger charge is 2.24. The molecule has 1 aromatic carbocycles. The van der Waals surface area contributed by atoms with Gasteiger partial charge in [-0.3, -0.25) is 0 Å². The summed E-state index contributed by atoms with van der Waals surface area (Å²) in [7, 11) is 3.37. The second-order valence-corrected chi connectivity index (χ2v) is 5.01. The molecule has 0 saturated heterocycles. The maximum Gasteiger partial charge on any atom is 0.126 e. The van der Waals surface area contributed by atoms with Crippen LogP contribution in [0.5, 0.6) is 11.5 Å². The Morgan fingerprint density at radius 1 is 1.11 bits per heavy atom. The molecule has 3 heteroatoms. The van der Waals surface area contributed by atoms with Crippen molar-refractivity contribution in [1.82, 2.24) is 0 Å². The summed E-state index contributed by atoms with van der Waals surface area (Å²) in [5.41, 5.74) is 1.27. The molecule has 0 unspecified atom stereocenters. The summed E-state index contributed by atoms with van der Waals surface area (Å²) in [4.78, 5) is 0. The van der Waals surface area contributed by atoms with Crippen molar-refractivity contribution in [1.29, 1.82) is 0 Å². The molecular weight excluding hydrogens is 228 g/mol. The first kappa shape index (κ1) is 13.2. The van der Waals surface area contributed by atoms with Gasteiger partial charge in [-0.2, -0.15) is 0 Å². The lowest BCUT2D eigenvalue weighted by molar-refractivity contribution is 0.182. The Bertz CT molecular complexity index is 381. The summed E-state index contributed by atoms with van der Waals surface area (Å²) >= 11 is 0. The van der Waals surface area contributed by atoms with E-state index in [0.29, 0.717) is 18.4 Å². The van der Waals surface area contributed by atoms with E-state index < -0.39 is 0 Å². The van der Waals surface area contributed by atoms with Crippen LogP contribution in [0.25, 0.3) is 0 Å². The predicted octanol–water partition coefficient (Wildman–Crippen LogP) is 2.97. The first-order valence-corrected chi connectivity index (χ1v) is 6.61. The minimum absolute atomic E-state index is 0.326. The number of benzene rings is 1. The Morgan fingerprint density at radius 3 is 2.39 bits per heavy atom. The molecule has 100 valence electrons. The molecule has 0 bridgehead atoms. The SMILES string of the molecule is COc1ccc(C2CCC(CO)CC2)c(OC)c1. The number of ether oxygens (including phenoxy) is 2. The van der Waals surface area contributed by atoms with E-state index in [1.54, 1.807) is 14.2 Å². The van der Waals surface area contributed by atoms with Crippen molar-refractivity contribution in [3.8, 4) is 11.5 Å². The standard InChI is InChI=1S/C15H22O3/c1-17-13-7-8-14(15(9-13)18-2)12-5-3-11(10-16)4-6-12/h7-9,11-12,16H,3-6,10H2,1-2H3. The van der Waals surface area contributed by atoms with E-state index in [-0.39, 0.29) is 0 Å². The van der Waals surface area contributed by atoms with Crippen molar-refractivity contribution in [3.63, 3.8) is 0 Å². The molecule has 1 fully saturated rings. The van der Waals surface area contributed by atoms with Crippen molar-refractivity contribution in [2.24, 2.45) is 5.92 Å². The molecule has 0 radical (unpaired) electrons. The minimum Gasteiger partial charge on any atom is -0.497 e. The van der Waals surface area contributed by atoms with Crippen LogP contribution in [0.4, 0.5) is 0 Å². The van der Waals surface area contributed by atoms with Crippen LogP contribution in [-0.4, -0.2) is 25.9 Å². The highest BCUT2D eigenvalue weighted by atomic mass is 16.5. The Hall–Kier alpha value is -1.22. The second-order valence-electron chi connectivity index (χ2n) is 5.01. The number of methoxy groups -OCH3 is 2. The largest absolute Gasteiger partial charge is 0.497 e. The normalized spacial score (nSPS) is 23.7. The van der Waals surface area contributed by atoms with Crippen LogP contribution >= 0.6 is 0 Å². The third-order valence-corrected chi connectivity index (χ3v) is 3.99. The quantitative estimate of drug-likeness (QED) is 0.893. The molecule has 1 aromatic rings. The lowest BCUT2D eigenvalue weighted by atomic mass is 9.79. The summed E-state index contributed by atoms with van der Waals surface area (Å²) in [5.74, 6) is 2.79. The van der Waals surface area contributed by atoms with Gasteiger partial charge in [-0.15, -0.1) is 0 Å². The van der Waals surface area contributed by atoms with E-state index >= 15 is 0 Å². The summed E-state index contributed by atoms with van der Waals surface area (Å²) in [6, 6.07) is 6.06. The van der Waals surface area contributed by atoms with Crippen LogP contribution in [-0.2, 0) is 0 Å². The molecule has 1 saturated carbocycles. The Kier molecular flexibility index (Phi) is 4.48. The molecule has 0 aliphatic heterocycles. The predicted molar refractivity (Wildman–Crippen MR) is 71.3 cm³/mol. The monoisotopic (exact) mass is 250 g/mol. The Labute approximate surface area is 109 Å². The van der Waals surface area contributed by atoms with Crippen LogP contribution in [0.2, 0.25) is 0 Å². The smallest absolute Gasteiger partial charge is 0.126 e. The average molecular weight is 250 g/mol. The van der Waals surface area contributed by atoms with Crippen molar-refractivity contribution in [3.05, 3.63) is 23.8 Å². The van der Waals surface area contributed by atoms with Crippen LogP contribution in [0.15, 0.2) is 18.2 Å². The molecule has 18 heavy (non-hydrogen) atoms. The molecule has 0 heterocycles. The van der Waals surface area contributed by atoms with Gasteiger partial charge >= 0.3 is 0 Å². The molecule has 0 atom stereocenters. The van der Waals surface area contributed by atoms with Gasteiger partial charge in [-0.1, -0.05) is 6.07 Å². The molecule has 0 aromatic heterocycles. The molecule has 0 amide bonds. The van der Waals surface area contributed by atoms with Crippen LogP contribution < -0.4 is 9.47 Å². The molecule has 1 aliphatic carbocycles. The van der Waals surface area contributed by atoms with Gasteiger partial charge in [0.1, 0.15) is 11.5 Å². The summed E-state index contributed by atoms with van der Waals surface area (Å²) in [6.45, 7) is 0.326. The van der Waals surface area contributed by atoms with Crippen LogP contribution in [0.3, 0.4) is 0 Å². The van der Waals surface area contributed by atoms with Crippen molar-refractivity contribution in [2.45, 2.75) is 31.6 Å². The van der Waals surface area contributed by atoms with Gasteiger partial charge in [0, 0.05) is 12.7 Å². The highest BCUT2D eigenvalue weighted by Crippen LogP contribution is 2.40. The zero-order chi connectivity index (χ0) is 13.0. The first-order chi connectivity index (χ1) is 8.78. The van der Waals surface area contributed by atoms with Crippen LogP contribution in [0, 0.1) is 5.92 Å². The molecular formula is C15H22O3. The van der Waals surface area contributed by atoms with Gasteiger partial charge in [0.05, 0.1) is 14.2 Å². The van der Waals surface area contributed by atoms with Crippen LogP contribution in [0.1, 0.15) is 37.2 Å². The summed E-state index contributed by atoms with van der Waals surface area (Å²) < 4.78 is 10.7. The fourth-order valence-electron chi connectivity index (χ4n) is 2.81. The molecule has 3 nitrogen and oxygen atoms in total. The molecule has 1 N–H and O–H groups in total. The van der Waals surface area contributed by atoms with Gasteiger partial charge < -0.3 is 14.6 Å². The molecule has 2 rings (SSSR count). The van der Waals surface area contributed by atoms with E-state index in [0.717, 1.165) is 37.2 Å². The number of hydrogen-bond acceptors (Lipinski definition) is 3. The number of hydrogen-bond donors (Lipinski definition) is 1. The van der Waals surface area contributed by atoms with E-state index in [4.69, 9.17) is 9.47 Å². The third kappa shape index (κ3) is 2.78. The van der Waals surface area contributed by atoms with E-state index in [1.807, 2.05) is 12.1 Å². The van der Waals surface area contributed by atoms with Crippen molar-refractivity contribution in [2.75, 3.05) is 20.8 Å². The van der Waals surface area contributed by atoms with Crippen molar-refractivity contribution >= 4 is 0 Å².